The van der Waals surface area contributed by atoms with Crippen LogP contribution in [0.15, 0.2) is 25.3 Å². The molecule has 0 aliphatic rings. The number of rotatable bonds is 20. The molecule has 0 aliphatic carbocycles. The van der Waals surface area contributed by atoms with Gasteiger partial charge in [0.05, 0.1) is 0 Å². The maximum atomic E-state index is 3.75. The van der Waals surface area contributed by atoms with E-state index < -0.39 is 0 Å². The van der Waals surface area contributed by atoms with Crippen molar-refractivity contribution < 1.29 is 0 Å². The van der Waals surface area contributed by atoms with E-state index in [0.717, 1.165) is 0 Å². The van der Waals surface area contributed by atoms with Gasteiger partial charge in [0.25, 0.3) is 0 Å². The lowest BCUT2D eigenvalue weighted by molar-refractivity contribution is 0.545. The third-order valence-corrected chi connectivity index (χ3v) is 5.02. The van der Waals surface area contributed by atoms with Gasteiger partial charge in [-0.3, -0.25) is 0 Å². The van der Waals surface area contributed by atoms with Crippen molar-refractivity contribution in [2.75, 3.05) is 0 Å². The van der Waals surface area contributed by atoms with Gasteiger partial charge in [-0.1, -0.05) is 129 Å². The van der Waals surface area contributed by atoms with Crippen LogP contribution in [0.3, 0.4) is 0 Å². The molecule has 0 aliphatic heterocycles. The van der Waals surface area contributed by atoms with E-state index >= 15 is 0 Å². The summed E-state index contributed by atoms with van der Waals surface area (Å²) in [6.45, 7) is 12.0. The average molecular weight is 365 g/mol. The predicted octanol–water partition coefficient (Wildman–Crippen LogP) is 10.2. The van der Waals surface area contributed by atoms with E-state index in [1.165, 1.54) is 128 Å². The third kappa shape index (κ3) is 31.3. The minimum absolute atomic E-state index is 1.20. The van der Waals surface area contributed by atoms with Gasteiger partial charge in [-0.2, -0.15) is 0 Å². The molecule has 0 spiro atoms. The Bertz CT molecular complexity index is 240. The first-order valence-electron chi connectivity index (χ1n) is 12.0. The molecule has 156 valence electrons. The Kier molecular flexibility index (Phi) is 31.2. The van der Waals surface area contributed by atoms with Gasteiger partial charge in [-0.15, -0.1) is 13.2 Å². The molecule has 0 aromatic heterocycles. The fourth-order valence-corrected chi connectivity index (χ4v) is 3.20. The SMILES string of the molecule is C=CCCCCCCCC.C=CCCCCCCCCCCCCCC. The molecule has 0 aromatic carbocycles. The van der Waals surface area contributed by atoms with E-state index in [1.807, 2.05) is 12.2 Å². The normalized spacial score (nSPS) is 10.2. The van der Waals surface area contributed by atoms with Crippen molar-refractivity contribution in [1.29, 1.82) is 0 Å². The average Bonchev–Trinajstić information content (AvgIpc) is 2.66. The van der Waals surface area contributed by atoms with Gasteiger partial charge >= 0.3 is 0 Å². The van der Waals surface area contributed by atoms with Crippen molar-refractivity contribution in [3.63, 3.8) is 0 Å². The Labute approximate surface area is 167 Å². The maximum absolute atomic E-state index is 3.75. The quantitative estimate of drug-likeness (QED) is 0.149. The molecule has 0 saturated carbocycles. The van der Waals surface area contributed by atoms with Crippen LogP contribution in [-0.2, 0) is 0 Å². The van der Waals surface area contributed by atoms with Gasteiger partial charge in [0, 0.05) is 0 Å². The van der Waals surface area contributed by atoms with E-state index in [1.54, 1.807) is 0 Å². The van der Waals surface area contributed by atoms with Crippen LogP contribution in [0.2, 0.25) is 0 Å². The fourth-order valence-electron chi connectivity index (χ4n) is 3.20. The third-order valence-electron chi connectivity index (χ3n) is 5.02. The Hall–Kier alpha value is -0.520. The number of hydrogen-bond acceptors (Lipinski definition) is 0. The van der Waals surface area contributed by atoms with Crippen LogP contribution < -0.4 is 0 Å². The van der Waals surface area contributed by atoms with Crippen molar-refractivity contribution in [2.45, 2.75) is 142 Å². The van der Waals surface area contributed by atoms with Crippen molar-refractivity contribution in [1.82, 2.24) is 0 Å². The minimum Gasteiger partial charge on any atom is -0.103 e. The van der Waals surface area contributed by atoms with Crippen LogP contribution in [0.25, 0.3) is 0 Å². The molecule has 0 rings (SSSR count). The zero-order valence-corrected chi connectivity index (χ0v) is 18.7. The summed E-state index contributed by atoms with van der Waals surface area (Å²) in [5.74, 6) is 0. The summed E-state index contributed by atoms with van der Waals surface area (Å²) >= 11 is 0. The Morgan fingerprint density at radius 1 is 0.385 bits per heavy atom. The summed E-state index contributed by atoms with van der Waals surface area (Å²) in [7, 11) is 0. The van der Waals surface area contributed by atoms with Crippen molar-refractivity contribution in [2.24, 2.45) is 0 Å². The Morgan fingerprint density at radius 3 is 0.846 bits per heavy atom. The zero-order chi connectivity index (χ0) is 19.6. The monoisotopic (exact) mass is 364 g/mol. The molecular formula is C26H52. The first-order valence-corrected chi connectivity index (χ1v) is 12.0. The lowest BCUT2D eigenvalue weighted by Crippen LogP contribution is -1.82. The van der Waals surface area contributed by atoms with Crippen LogP contribution in [0.4, 0.5) is 0 Å². The van der Waals surface area contributed by atoms with Crippen LogP contribution in [0, 0.1) is 0 Å². The molecule has 0 fully saturated rings. The molecule has 0 heteroatoms. The molecule has 26 heavy (non-hydrogen) atoms. The topological polar surface area (TPSA) is 0 Å². The largest absolute Gasteiger partial charge is 0.103 e. The first-order chi connectivity index (χ1) is 12.8. The molecule has 0 unspecified atom stereocenters. The smallest absolute Gasteiger partial charge is 0.0353 e. The van der Waals surface area contributed by atoms with E-state index in [9.17, 15) is 0 Å². The van der Waals surface area contributed by atoms with E-state index in [-0.39, 0.29) is 0 Å². The number of allylic oxidation sites excluding steroid dienone is 2. The molecule has 0 amide bonds. The standard InChI is InChI=1S/C16H32.C10H20/c1-3-5-7-9-11-13-15-16-14-12-10-8-6-4-2;1-3-5-7-9-10-8-6-4-2/h3H,1,4-16H2,2H3;3H,1,4-10H2,2H3. The molecule has 0 atom stereocenters. The van der Waals surface area contributed by atoms with E-state index in [4.69, 9.17) is 0 Å². The molecule has 0 radical (unpaired) electrons. The van der Waals surface area contributed by atoms with Crippen LogP contribution in [0.1, 0.15) is 142 Å². The number of hydrogen-bond donors (Lipinski definition) is 0. The molecular weight excluding hydrogens is 312 g/mol. The summed E-state index contributed by atoms with van der Waals surface area (Å²) in [6.07, 6.45) is 32.0. The van der Waals surface area contributed by atoms with Crippen molar-refractivity contribution >= 4 is 0 Å². The predicted molar refractivity (Wildman–Crippen MR) is 124 cm³/mol. The van der Waals surface area contributed by atoms with E-state index in [0.29, 0.717) is 0 Å². The van der Waals surface area contributed by atoms with Gasteiger partial charge < -0.3 is 0 Å². The van der Waals surface area contributed by atoms with Gasteiger partial charge in [-0.05, 0) is 25.7 Å². The summed E-state index contributed by atoms with van der Waals surface area (Å²) in [4.78, 5) is 0. The summed E-state index contributed by atoms with van der Waals surface area (Å²) in [5, 5.41) is 0. The molecule has 0 bridgehead atoms. The molecule has 0 saturated heterocycles. The fraction of sp³-hybridized carbons (Fsp3) is 0.846. The zero-order valence-electron chi connectivity index (χ0n) is 18.7. The maximum Gasteiger partial charge on any atom is -0.0353 e. The Balaban J connectivity index is 0. The van der Waals surface area contributed by atoms with E-state index in [2.05, 4.69) is 27.0 Å². The van der Waals surface area contributed by atoms with Crippen LogP contribution >= 0.6 is 0 Å². The highest BCUT2D eigenvalue weighted by Gasteiger charge is 1.92. The van der Waals surface area contributed by atoms with Gasteiger partial charge in [0.2, 0.25) is 0 Å². The van der Waals surface area contributed by atoms with Gasteiger partial charge in [-0.25, -0.2) is 0 Å². The summed E-state index contributed by atoms with van der Waals surface area (Å²) < 4.78 is 0. The first kappa shape index (κ1) is 27.7. The van der Waals surface area contributed by atoms with Crippen molar-refractivity contribution in [3.05, 3.63) is 25.3 Å². The summed E-state index contributed by atoms with van der Waals surface area (Å²) in [6, 6.07) is 0. The minimum atomic E-state index is 1.20. The molecule has 0 nitrogen and oxygen atoms in total. The Morgan fingerprint density at radius 2 is 0.615 bits per heavy atom. The van der Waals surface area contributed by atoms with Gasteiger partial charge in [0.1, 0.15) is 0 Å². The lowest BCUT2D eigenvalue weighted by atomic mass is 10.0. The van der Waals surface area contributed by atoms with Gasteiger partial charge in [0.15, 0.2) is 0 Å². The second-order valence-electron chi connectivity index (χ2n) is 7.81. The highest BCUT2D eigenvalue weighted by atomic mass is 14.0. The molecule has 0 aromatic rings. The van der Waals surface area contributed by atoms with Crippen molar-refractivity contribution in [3.8, 4) is 0 Å². The van der Waals surface area contributed by atoms with Crippen LogP contribution in [0.5, 0.6) is 0 Å². The molecule has 0 heterocycles. The molecule has 0 N–H and O–H groups in total. The van der Waals surface area contributed by atoms with Crippen LogP contribution in [-0.4, -0.2) is 0 Å². The number of unbranched alkanes of at least 4 members (excludes halogenated alkanes) is 18. The highest BCUT2D eigenvalue weighted by molar-refractivity contribution is 4.65. The second-order valence-corrected chi connectivity index (χ2v) is 7.81. The lowest BCUT2D eigenvalue weighted by Gasteiger charge is -2.02. The summed E-state index contributed by atoms with van der Waals surface area (Å²) in [5.41, 5.74) is 0. The second kappa shape index (κ2) is 29.3. The highest BCUT2D eigenvalue weighted by Crippen LogP contribution is 2.12.